The zero-order valence-corrected chi connectivity index (χ0v) is 11.2. The molecule has 0 heterocycles. The summed E-state index contributed by atoms with van der Waals surface area (Å²) in [5.41, 5.74) is -0.782. The Morgan fingerprint density at radius 2 is 2.10 bits per heavy atom. The average molecular weight is 291 g/mol. The Morgan fingerprint density at radius 1 is 1.40 bits per heavy atom. The number of nitrogens with one attached hydrogen (secondary N) is 1. The molecule has 0 saturated heterocycles. The Labute approximate surface area is 114 Å². The molecule has 0 fully saturated rings. The molecule has 4 nitrogen and oxygen atoms in total. The van der Waals surface area contributed by atoms with Gasteiger partial charge in [0.2, 0.25) is 0 Å². The summed E-state index contributed by atoms with van der Waals surface area (Å²) in [7, 11) is 1.42. The highest BCUT2D eigenvalue weighted by Crippen LogP contribution is 2.31. The van der Waals surface area contributed by atoms with Crippen LogP contribution in [0.15, 0.2) is 24.3 Å². The third-order valence-corrected chi connectivity index (χ3v) is 2.53. The van der Waals surface area contributed by atoms with E-state index in [4.69, 9.17) is 9.47 Å². The largest absolute Gasteiger partial charge is 0.490 e. The van der Waals surface area contributed by atoms with Gasteiger partial charge in [-0.3, -0.25) is 0 Å². The summed E-state index contributed by atoms with van der Waals surface area (Å²) < 4.78 is 47.8. The highest BCUT2D eigenvalue weighted by Gasteiger charge is 2.30. The topological polar surface area (TPSA) is 47.6 Å². The Kier molecular flexibility index (Phi) is 5.66. The van der Waals surface area contributed by atoms with E-state index in [0.29, 0.717) is 6.42 Å². The first-order valence-electron chi connectivity index (χ1n) is 6.05. The van der Waals surface area contributed by atoms with Gasteiger partial charge in [-0.05, 0) is 24.6 Å². The first-order valence-corrected chi connectivity index (χ1v) is 6.05. The van der Waals surface area contributed by atoms with Gasteiger partial charge in [-0.25, -0.2) is 4.79 Å². The molecule has 0 bridgehead atoms. The number of ether oxygens (including phenoxy) is 2. The normalized spacial score (nSPS) is 12.7. The lowest BCUT2D eigenvalue weighted by Gasteiger charge is -2.17. The standard InChI is InChI=1S/C13H16F3NO3/c1-3-10(20-12(18)17-2)8-19-11-6-4-5-9(7-11)13(14,15)16/h4-7,10H,3,8H2,1-2H3,(H,17,18). The summed E-state index contributed by atoms with van der Waals surface area (Å²) in [6.07, 6.45) is -5.05. The minimum atomic E-state index is -4.41. The molecule has 7 heteroatoms. The zero-order chi connectivity index (χ0) is 15.2. The first-order chi connectivity index (χ1) is 9.36. The van der Waals surface area contributed by atoms with Gasteiger partial charge in [-0.15, -0.1) is 0 Å². The van der Waals surface area contributed by atoms with E-state index < -0.39 is 23.9 Å². The molecule has 20 heavy (non-hydrogen) atoms. The Hall–Kier alpha value is -1.92. The van der Waals surface area contributed by atoms with E-state index in [1.165, 1.54) is 19.2 Å². The van der Waals surface area contributed by atoms with E-state index in [2.05, 4.69) is 5.32 Å². The first kappa shape index (κ1) is 16.1. The van der Waals surface area contributed by atoms with Crippen LogP contribution in [-0.2, 0) is 10.9 Å². The van der Waals surface area contributed by atoms with Gasteiger partial charge in [-0.1, -0.05) is 13.0 Å². The summed E-state index contributed by atoms with van der Waals surface area (Å²) in [6.45, 7) is 1.77. The maximum Gasteiger partial charge on any atom is 0.416 e. The van der Waals surface area contributed by atoms with Crippen LogP contribution in [-0.4, -0.2) is 25.9 Å². The second kappa shape index (κ2) is 7.02. The number of rotatable bonds is 5. The zero-order valence-electron chi connectivity index (χ0n) is 11.2. The molecule has 1 unspecified atom stereocenters. The lowest BCUT2D eigenvalue weighted by Crippen LogP contribution is -2.29. The molecule has 112 valence electrons. The number of hydrogen-bond acceptors (Lipinski definition) is 3. The number of carbonyl (C=O) groups excluding carboxylic acids is 1. The number of amides is 1. The van der Waals surface area contributed by atoms with E-state index >= 15 is 0 Å². The number of alkyl carbamates (subject to hydrolysis) is 1. The van der Waals surface area contributed by atoms with Crippen LogP contribution in [0.2, 0.25) is 0 Å². The monoisotopic (exact) mass is 291 g/mol. The molecule has 0 aliphatic rings. The third-order valence-electron chi connectivity index (χ3n) is 2.53. The summed E-state index contributed by atoms with van der Waals surface area (Å²) in [5.74, 6) is 0.0822. The van der Waals surface area contributed by atoms with Gasteiger partial charge in [0.05, 0.1) is 5.56 Å². The third kappa shape index (κ3) is 4.99. The second-order valence-corrected chi connectivity index (χ2v) is 4.02. The van der Waals surface area contributed by atoms with Gasteiger partial charge in [-0.2, -0.15) is 13.2 Å². The predicted octanol–water partition coefficient (Wildman–Crippen LogP) is 3.22. The average Bonchev–Trinajstić information content (AvgIpc) is 2.42. The van der Waals surface area contributed by atoms with Crippen molar-refractivity contribution in [2.45, 2.75) is 25.6 Å². The van der Waals surface area contributed by atoms with E-state index in [9.17, 15) is 18.0 Å². The summed E-state index contributed by atoms with van der Waals surface area (Å²) in [5, 5.41) is 2.29. The van der Waals surface area contributed by atoms with Crippen LogP contribution in [0.1, 0.15) is 18.9 Å². The van der Waals surface area contributed by atoms with Crippen molar-refractivity contribution in [1.82, 2.24) is 5.32 Å². The van der Waals surface area contributed by atoms with Crippen molar-refractivity contribution in [1.29, 1.82) is 0 Å². The van der Waals surface area contributed by atoms with Crippen LogP contribution in [0, 0.1) is 0 Å². The SMILES string of the molecule is CCC(COc1cccc(C(F)(F)F)c1)OC(=O)NC. The minimum absolute atomic E-state index is 0.00870. The number of hydrogen-bond donors (Lipinski definition) is 1. The molecule has 0 aromatic heterocycles. The highest BCUT2D eigenvalue weighted by molar-refractivity contribution is 5.66. The number of halogens is 3. The van der Waals surface area contributed by atoms with E-state index in [-0.39, 0.29) is 12.4 Å². The molecule has 0 aliphatic carbocycles. The van der Waals surface area contributed by atoms with E-state index in [1.807, 2.05) is 0 Å². The smallest absolute Gasteiger partial charge is 0.416 e. The molecule has 1 atom stereocenters. The second-order valence-electron chi connectivity index (χ2n) is 4.02. The molecule has 1 amide bonds. The van der Waals surface area contributed by atoms with Gasteiger partial charge >= 0.3 is 12.3 Å². The summed E-state index contributed by atoms with van der Waals surface area (Å²) >= 11 is 0. The van der Waals surface area contributed by atoms with Gasteiger partial charge in [0.25, 0.3) is 0 Å². The number of benzene rings is 1. The van der Waals surface area contributed by atoms with Crippen LogP contribution < -0.4 is 10.1 Å². The van der Waals surface area contributed by atoms with E-state index in [1.54, 1.807) is 6.92 Å². The molecule has 1 aromatic carbocycles. The number of alkyl halides is 3. The van der Waals surface area contributed by atoms with Crippen molar-refractivity contribution in [3.8, 4) is 5.75 Å². The summed E-state index contributed by atoms with van der Waals surface area (Å²) in [4.78, 5) is 11.0. The van der Waals surface area contributed by atoms with Gasteiger partial charge < -0.3 is 14.8 Å². The molecule has 0 saturated carbocycles. The lowest BCUT2D eigenvalue weighted by molar-refractivity contribution is -0.137. The quantitative estimate of drug-likeness (QED) is 0.906. The highest BCUT2D eigenvalue weighted by atomic mass is 19.4. The van der Waals surface area contributed by atoms with Crippen LogP contribution in [0.5, 0.6) is 5.75 Å². The van der Waals surface area contributed by atoms with Crippen LogP contribution in [0.4, 0.5) is 18.0 Å². The fourth-order valence-electron chi connectivity index (χ4n) is 1.40. The van der Waals surface area contributed by atoms with Crippen molar-refractivity contribution < 1.29 is 27.4 Å². The molecule has 0 radical (unpaired) electrons. The Morgan fingerprint density at radius 3 is 2.65 bits per heavy atom. The molecule has 1 N–H and O–H groups in total. The fourth-order valence-corrected chi connectivity index (χ4v) is 1.40. The molecule has 0 aliphatic heterocycles. The molecule has 1 aromatic rings. The Bertz CT molecular complexity index is 449. The van der Waals surface area contributed by atoms with Gasteiger partial charge in [0.1, 0.15) is 18.5 Å². The van der Waals surface area contributed by atoms with Crippen molar-refractivity contribution in [2.75, 3.05) is 13.7 Å². The number of carbonyl (C=O) groups is 1. The summed E-state index contributed by atoms with van der Waals surface area (Å²) in [6, 6.07) is 4.55. The maximum absolute atomic E-state index is 12.5. The van der Waals surface area contributed by atoms with E-state index in [0.717, 1.165) is 12.1 Å². The lowest BCUT2D eigenvalue weighted by atomic mass is 10.2. The minimum Gasteiger partial charge on any atom is -0.490 e. The van der Waals surface area contributed by atoms with Crippen molar-refractivity contribution in [3.63, 3.8) is 0 Å². The molecule has 0 spiro atoms. The predicted molar refractivity (Wildman–Crippen MR) is 66.6 cm³/mol. The van der Waals surface area contributed by atoms with Crippen molar-refractivity contribution in [3.05, 3.63) is 29.8 Å². The molecular weight excluding hydrogens is 275 g/mol. The van der Waals surface area contributed by atoms with Crippen molar-refractivity contribution >= 4 is 6.09 Å². The molecule has 1 rings (SSSR count). The van der Waals surface area contributed by atoms with Crippen LogP contribution in [0.25, 0.3) is 0 Å². The van der Waals surface area contributed by atoms with Crippen LogP contribution in [0.3, 0.4) is 0 Å². The fraction of sp³-hybridized carbons (Fsp3) is 0.462. The molecular formula is C13H16F3NO3. The van der Waals surface area contributed by atoms with Crippen LogP contribution >= 0.6 is 0 Å². The van der Waals surface area contributed by atoms with Crippen molar-refractivity contribution in [2.24, 2.45) is 0 Å². The van der Waals surface area contributed by atoms with Gasteiger partial charge in [0, 0.05) is 7.05 Å². The Balaban J connectivity index is 2.62. The maximum atomic E-state index is 12.5. The van der Waals surface area contributed by atoms with Gasteiger partial charge in [0.15, 0.2) is 0 Å².